The third-order valence-corrected chi connectivity index (χ3v) is 3.63. The van der Waals surface area contributed by atoms with E-state index in [0.717, 1.165) is 31.8 Å². The predicted octanol–water partition coefficient (Wildman–Crippen LogP) is 3.31. The second kappa shape index (κ2) is 7.49. The van der Waals surface area contributed by atoms with Gasteiger partial charge in [0.15, 0.2) is 0 Å². The van der Waals surface area contributed by atoms with Gasteiger partial charge in [-0.3, -0.25) is 0 Å². The van der Waals surface area contributed by atoms with Gasteiger partial charge in [0.1, 0.15) is 0 Å². The molecule has 122 valence electrons. The largest absolute Gasteiger partial charge is 0.416 e. The lowest BCUT2D eigenvalue weighted by molar-refractivity contribution is -0.137. The van der Waals surface area contributed by atoms with Crippen LogP contribution in [0, 0.1) is 0 Å². The van der Waals surface area contributed by atoms with Crippen LogP contribution in [0.1, 0.15) is 24.8 Å². The molecule has 2 rings (SSSR count). The Morgan fingerprint density at radius 3 is 2.32 bits per heavy atom. The molecule has 1 aromatic rings. The number of halogens is 3. The van der Waals surface area contributed by atoms with Gasteiger partial charge in [-0.05, 0) is 50.2 Å². The summed E-state index contributed by atoms with van der Waals surface area (Å²) in [6.07, 6.45) is -0.719. The number of urea groups is 1. The number of benzene rings is 1. The molecule has 0 aliphatic carbocycles. The summed E-state index contributed by atoms with van der Waals surface area (Å²) in [6, 6.07) is 3.98. The Labute approximate surface area is 127 Å². The quantitative estimate of drug-likeness (QED) is 0.895. The molecule has 4 nitrogen and oxygen atoms in total. The monoisotopic (exact) mass is 315 g/mol. The van der Waals surface area contributed by atoms with Crippen molar-refractivity contribution in [1.82, 2.24) is 10.2 Å². The number of alkyl halides is 3. The second-order valence-corrected chi connectivity index (χ2v) is 5.36. The molecule has 1 saturated heterocycles. The average molecular weight is 315 g/mol. The molecular weight excluding hydrogens is 295 g/mol. The number of likely N-dealkylation sites (tertiary alicyclic amines) is 1. The van der Waals surface area contributed by atoms with Crippen molar-refractivity contribution in [2.24, 2.45) is 0 Å². The molecule has 0 saturated carbocycles. The van der Waals surface area contributed by atoms with E-state index in [9.17, 15) is 18.0 Å². The lowest BCUT2D eigenvalue weighted by atomic mass is 10.1. The molecule has 7 heteroatoms. The Morgan fingerprint density at radius 1 is 1.09 bits per heavy atom. The minimum absolute atomic E-state index is 0.337. The summed E-state index contributed by atoms with van der Waals surface area (Å²) in [5.74, 6) is 0. The van der Waals surface area contributed by atoms with Crippen molar-refractivity contribution in [3.8, 4) is 0 Å². The van der Waals surface area contributed by atoms with Gasteiger partial charge in [-0.2, -0.15) is 13.2 Å². The standard InChI is InChI=1S/C15H20F3N3O/c16-15(17,18)12-4-6-13(7-5-12)20-14(22)19-8-11-21-9-2-1-3-10-21/h4-7H,1-3,8-11H2,(H2,19,20,22). The van der Waals surface area contributed by atoms with Crippen LogP contribution in [-0.2, 0) is 6.18 Å². The van der Waals surface area contributed by atoms with E-state index in [1.165, 1.54) is 31.4 Å². The average Bonchev–Trinajstić information content (AvgIpc) is 2.48. The first-order valence-electron chi connectivity index (χ1n) is 7.39. The minimum Gasteiger partial charge on any atom is -0.337 e. The van der Waals surface area contributed by atoms with E-state index in [2.05, 4.69) is 15.5 Å². The third kappa shape index (κ3) is 5.22. The van der Waals surface area contributed by atoms with Crippen molar-refractivity contribution in [2.45, 2.75) is 25.4 Å². The highest BCUT2D eigenvalue weighted by Gasteiger charge is 2.29. The number of nitrogens with zero attached hydrogens (tertiary/aromatic N) is 1. The summed E-state index contributed by atoms with van der Waals surface area (Å²) >= 11 is 0. The molecule has 1 aliphatic heterocycles. The van der Waals surface area contributed by atoms with Gasteiger partial charge in [0.2, 0.25) is 0 Å². The van der Waals surface area contributed by atoms with Gasteiger partial charge in [0.25, 0.3) is 0 Å². The van der Waals surface area contributed by atoms with Gasteiger partial charge in [-0.1, -0.05) is 6.42 Å². The van der Waals surface area contributed by atoms with Crippen molar-refractivity contribution >= 4 is 11.7 Å². The zero-order valence-electron chi connectivity index (χ0n) is 12.2. The number of hydrogen-bond donors (Lipinski definition) is 2. The summed E-state index contributed by atoms with van der Waals surface area (Å²) < 4.78 is 37.3. The fourth-order valence-corrected chi connectivity index (χ4v) is 2.43. The smallest absolute Gasteiger partial charge is 0.337 e. The Morgan fingerprint density at radius 2 is 1.73 bits per heavy atom. The molecule has 0 unspecified atom stereocenters. The number of nitrogens with one attached hydrogen (secondary N) is 2. The molecule has 0 spiro atoms. The molecule has 1 aromatic carbocycles. The van der Waals surface area contributed by atoms with E-state index in [1.54, 1.807) is 0 Å². The SMILES string of the molecule is O=C(NCCN1CCCCC1)Nc1ccc(C(F)(F)F)cc1. The topological polar surface area (TPSA) is 44.4 Å². The molecule has 0 atom stereocenters. The lowest BCUT2D eigenvalue weighted by Gasteiger charge is -2.26. The molecule has 0 aromatic heterocycles. The zero-order valence-corrected chi connectivity index (χ0v) is 12.2. The third-order valence-electron chi connectivity index (χ3n) is 3.63. The van der Waals surface area contributed by atoms with Gasteiger partial charge >= 0.3 is 12.2 Å². The zero-order chi connectivity index (χ0) is 16.0. The first kappa shape index (κ1) is 16.6. The molecule has 22 heavy (non-hydrogen) atoms. The van der Waals surface area contributed by atoms with Gasteiger partial charge < -0.3 is 15.5 Å². The van der Waals surface area contributed by atoms with Crippen molar-refractivity contribution < 1.29 is 18.0 Å². The van der Waals surface area contributed by atoms with Crippen molar-refractivity contribution in [3.05, 3.63) is 29.8 Å². The van der Waals surface area contributed by atoms with E-state index < -0.39 is 17.8 Å². The van der Waals surface area contributed by atoms with Crippen LogP contribution in [-0.4, -0.2) is 37.1 Å². The minimum atomic E-state index is -4.37. The maximum absolute atomic E-state index is 12.4. The first-order chi connectivity index (χ1) is 10.4. The molecule has 1 heterocycles. The lowest BCUT2D eigenvalue weighted by Crippen LogP contribution is -2.39. The maximum atomic E-state index is 12.4. The number of carbonyl (C=O) groups is 1. The fourth-order valence-electron chi connectivity index (χ4n) is 2.43. The molecule has 0 radical (unpaired) electrons. The van der Waals surface area contributed by atoms with Crippen LogP contribution >= 0.6 is 0 Å². The summed E-state index contributed by atoms with van der Waals surface area (Å²) in [5, 5.41) is 5.23. The van der Waals surface area contributed by atoms with Crippen LogP contribution in [0.4, 0.5) is 23.7 Å². The number of rotatable bonds is 4. The summed E-state index contributed by atoms with van der Waals surface area (Å²) in [7, 11) is 0. The van der Waals surface area contributed by atoms with E-state index in [1.807, 2.05) is 0 Å². The fraction of sp³-hybridized carbons (Fsp3) is 0.533. The summed E-state index contributed by atoms with van der Waals surface area (Å²) in [5.41, 5.74) is -0.396. The maximum Gasteiger partial charge on any atom is 0.416 e. The molecule has 0 bridgehead atoms. The summed E-state index contributed by atoms with van der Waals surface area (Å²) in [4.78, 5) is 14.0. The number of amides is 2. The molecule has 2 amide bonds. The van der Waals surface area contributed by atoms with Gasteiger partial charge in [-0.15, -0.1) is 0 Å². The van der Waals surface area contributed by atoms with Gasteiger partial charge in [0, 0.05) is 18.8 Å². The Hall–Kier alpha value is -1.76. The van der Waals surface area contributed by atoms with E-state index in [4.69, 9.17) is 0 Å². The number of carbonyl (C=O) groups excluding carboxylic acids is 1. The Balaban J connectivity index is 1.72. The van der Waals surface area contributed by atoms with Crippen LogP contribution in [0.5, 0.6) is 0 Å². The van der Waals surface area contributed by atoms with Gasteiger partial charge in [-0.25, -0.2) is 4.79 Å². The first-order valence-corrected chi connectivity index (χ1v) is 7.39. The van der Waals surface area contributed by atoms with E-state index in [-0.39, 0.29) is 0 Å². The number of piperidine rings is 1. The van der Waals surface area contributed by atoms with Gasteiger partial charge in [0.05, 0.1) is 5.56 Å². The van der Waals surface area contributed by atoms with E-state index in [0.29, 0.717) is 12.2 Å². The molecular formula is C15H20F3N3O. The molecule has 1 aliphatic rings. The van der Waals surface area contributed by atoms with Crippen LogP contribution in [0.3, 0.4) is 0 Å². The van der Waals surface area contributed by atoms with Crippen molar-refractivity contribution in [1.29, 1.82) is 0 Å². The van der Waals surface area contributed by atoms with Crippen molar-refractivity contribution in [2.75, 3.05) is 31.5 Å². The van der Waals surface area contributed by atoms with Crippen LogP contribution < -0.4 is 10.6 Å². The Bertz CT molecular complexity index is 482. The van der Waals surface area contributed by atoms with E-state index >= 15 is 0 Å². The van der Waals surface area contributed by atoms with Crippen molar-refractivity contribution in [3.63, 3.8) is 0 Å². The number of hydrogen-bond acceptors (Lipinski definition) is 2. The van der Waals surface area contributed by atoms with Crippen LogP contribution in [0.25, 0.3) is 0 Å². The Kier molecular flexibility index (Phi) is 5.65. The molecule has 1 fully saturated rings. The summed E-state index contributed by atoms with van der Waals surface area (Å²) in [6.45, 7) is 3.43. The van der Waals surface area contributed by atoms with Crippen LogP contribution in [0.15, 0.2) is 24.3 Å². The van der Waals surface area contributed by atoms with Crippen LogP contribution in [0.2, 0.25) is 0 Å². The highest BCUT2D eigenvalue weighted by molar-refractivity contribution is 5.89. The predicted molar refractivity (Wildman–Crippen MR) is 78.8 cm³/mol. The highest BCUT2D eigenvalue weighted by atomic mass is 19.4. The molecule has 2 N–H and O–H groups in total. The second-order valence-electron chi connectivity index (χ2n) is 5.36. The number of anilines is 1. The highest BCUT2D eigenvalue weighted by Crippen LogP contribution is 2.29. The normalized spacial score (nSPS) is 16.3.